The first kappa shape index (κ1) is 31.2. The zero-order valence-electron chi connectivity index (χ0n) is 27.0. The number of aromatic nitrogens is 1. The summed E-state index contributed by atoms with van der Waals surface area (Å²) in [6.07, 6.45) is 3.86. The van der Waals surface area contributed by atoms with E-state index in [1.807, 2.05) is 72.9 Å². The highest BCUT2D eigenvalue weighted by Gasteiger charge is 2.39. The number of alkyl halides is 1. The van der Waals surface area contributed by atoms with E-state index in [4.69, 9.17) is 9.47 Å². The van der Waals surface area contributed by atoms with Crippen LogP contribution in [0.2, 0.25) is 0 Å². The molecule has 43 heavy (non-hydrogen) atoms. The lowest BCUT2D eigenvalue weighted by atomic mass is 9.75. The average Bonchev–Trinajstić information content (AvgIpc) is 3.34. The third-order valence-electron chi connectivity index (χ3n) is 8.88. The van der Waals surface area contributed by atoms with Crippen molar-refractivity contribution in [3.05, 3.63) is 70.4 Å². The Morgan fingerprint density at radius 1 is 0.930 bits per heavy atom. The number of aryl methyl sites for hydroxylation is 2. The molecule has 3 aromatic rings. The normalized spacial score (nSPS) is 23.2. The topological polar surface area (TPSA) is 60.8 Å². The monoisotopic (exact) mass is 590 g/mol. The summed E-state index contributed by atoms with van der Waals surface area (Å²) in [5, 5.41) is 1.09. The molecule has 6 nitrogen and oxygen atoms in total. The molecule has 2 aliphatic rings. The molecule has 1 saturated heterocycles. The smallest absolute Gasteiger partial charge is 0.418 e. The Hall–Kier alpha value is -3.19. The van der Waals surface area contributed by atoms with Gasteiger partial charge in [-0.15, -0.1) is 0 Å². The highest BCUT2D eigenvalue weighted by atomic mass is 19.1. The van der Waals surface area contributed by atoms with Gasteiger partial charge in [0, 0.05) is 24.2 Å². The van der Waals surface area contributed by atoms with Crippen LogP contribution >= 0.6 is 0 Å². The Morgan fingerprint density at radius 3 is 2.19 bits per heavy atom. The number of ether oxygens (including phenoxy) is 2. The first-order valence-corrected chi connectivity index (χ1v) is 15.6. The maximum absolute atomic E-state index is 13.8. The highest BCUT2D eigenvalue weighted by Crippen LogP contribution is 2.41. The van der Waals surface area contributed by atoms with Crippen molar-refractivity contribution in [3.63, 3.8) is 0 Å². The van der Waals surface area contributed by atoms with Gasteiger partial charge in [-0.2, -0.15) is 0 Å². The minimum atomic E-state index is -0.688. The Kier molecular flexibility index (Phi) is 8.51. The third-order valence-corrected chi connectivity index (χ3v) is 8.88. The van der Waals surface area contributed by atoms with Crippen LogP contribution in [0.15, 0.2) is 42.6 Å². The van der Waals surface area contributed by atoms with Gasteiger partial charge in [0.25, 0.3) is 0 Å². The van der Waals surface area contributed by atoms with Crippen molar-refractivity contribution >= 4 is 23.0 Å². The fourth-order valence-corrected chi connectivity index (χ4v) is 6.77. The second-order valence-corrected chi connectivity index (χ2v) is 14.6. The van der Waals surface area contributed by atoms with Gasteiger partial charge < -0.3 is 9.47 Å². The molecule has 0 radical (unpaired) electrons. The predicted molar refractivity (Wildman–Crippen MR) is 169 cm³/mol. The largest absolute Gasteiger partial charge is 0.456 e. The number of nitrogens with zero attached hydrogens (tertiary/aromatic N) is 2. The molecule has 2 heterocycles. The Balaban J connectivity index is 1.46. The standard InChI is InChI=1S/C36H47FN2O4/c1-22-17-23(2)32-29(14-16-39(32)34(41)43-36(6,7)8)30(22)18-26-13-15-38(28-19-27(37)20-28)21-31(26)24-9-11-25(12-10-24)33(40)42-35(3,4)5/h9-12,14,16-17,26-28,31H,13,15,18-21H2,1-8H3/t26-,27?,28?,31-/m0/s1. The van der Waals surface area contributed by atoms with E-state index in [2.05, 4.69) is 30.0 Å². The molecule has 7 heteroatoms. The number of rotatable bonds is 5. The van der Waals surface area contributed by atoms with Crippen LogP contribution in [-0.4, -0.2) is 58.0 Å². The summed E-state index contributed by atoms with van der Waals surface area (Å²) in [5.41, 5.74) is 5.00. The quantitative estimate of drug-likeness (QED) is 0.281. The van der Waals surface area contributed by atoms with Crippen molar-refractivity contribution < 1.29 is 23.5 Å². The number of likely N-dealkylation sites (tertiary alicyclic amines) is 1. The Bertz CT molecular complexity index is 1490. The first-order chi connectivity index (χ1) is 20.1. The van der Waals surface area contributed by atoms with Crippen LogP contribution in [0.1, 0.15) is 99.3 Å². The van der Waals surface area contributed by atoms with E-state index in [0.29, 0.717) is 30.4 Å². The lowest BCUT2D eigenvalue weighted by Crippen LogP contribution is -2.51. The van der Waals surface area contributed by atoms with Crippen LogP contribution in [0, 0.1) is 19.8 Å². The number of carbonyl (C=O) groups is 2. The average molecular weight is 591 g/mol. The zero-order valence-corrected chi connectivity index (χ0v) is 27.0. The zero-order chi connectivity index (χ0) is 31.3. The maximum atomic E-state index is 13.8. The fraction of sp³-hybridized carbons (Fsp3) is 0.556. The summed E-state index contributed by atoms with van der Waals surface area (Å²) in [7, 11) is 0. The van der Waals surface area contributed by atoms with Crippen molar-refractivity contribution in [2.24, 2.45) is 5.92 Å². The van der Waals surface area contributed by atoms with Gasteiger partial charge in [-0.05, 0) is 140 Å². The summed E-state index contributed by atoms with van der Waals surface area (Å²) in [4.78, 5) is 28.3. The number of halogens is 1. The number of hydrogen-bond donors (Lipinski definition) is 0. The van der Waals surface area contributed by atoms with Gasteiger partial charge in [0.1, 0.15) is 17.4 Å². The number of esters is 1. The molecule has 0 N–H and O–H groups in total. The van der Waals surface area contributed by atoms with Crippen molar-refractivity contribution in [3.8, 4) is 0 Å². The molecule has 0 unspecified atom stereocenters. The van der Waals surface area contributed by atoms with Crippen LogP contribution < -0.4 is 0 Å². The molecule has 1 saturated carbocycles. The first-order valence-electron chi connectivity index (χ1n) is 15.6. The van der Waals surface area contributed by atoms with Crippen molar-refractivity contribution in [1.82, 2.24) is 9.47 Å². The summed E-state index contributed by atoms with van der Waals surface area (Å²) in [6.45, 7) is 17.3. The van der Waals surface area contributed by atoms with Crippen LogP contribution in [0.3, 0.4) is 0 Å². The summed E-state index contributed by atoms with van der Waals surface area (Å²) < 4.78 is 26.7. The van der Waals surface area contributed by atoms with Crippen LogP contribution in [0.25, 0.3) is 10.9 Å². The summed E-state index contributed by atoms with van der Waals surface area (Å²) in [6, 6.07) is 12.4. The number of benzene rings is 2. The number of piperidine rings is 1. The Morgan fingerprint density at radius 2 is 1.58 bits per heavy atom. The SMILES string of the molecule is Cc1cc(C)c2c(ccn2C(=O)OC(C)(C)C)c1C[C@@H]1CCN(C2CC(F)C2)C[C@H]1c1ccc(C(=O)OC(C)(C)C)cc1. The molecule has 1 aliphatic heterocycles. The molecule has 2 atom stereocenters. The second-order valence-electron chi connectivity index (χ2n) is 14.6. The van der Waals surface area contributed by atoms with Gasteiger partial charge in [-0.25, -0.2) is 14.0 Å². The van der Waals surface area contributed by atoms with Crippen molar-refractivity contribution in [2.75, 3.05) is 13.1 Å². The van der Waals surface area contributed by atoms with Crippen molar-refractivity contribution in [1.29, 1.82) is 0 Å². The number of carbonyl (C=O) groups excluding carboxylic acids is 2. The minimum absolute atomic E-state index is 0.226. The maximum Gasteiger partial charge on any atom is 0.418 e. The minimum Gasteiger partial charge on any atom is -0.456 e. The lowest BCUT2D eigenvalue weighted by molar-refractivity contribution is 0.00691. The molecule has 1 aromatic heterocycles. The molecule has 232 valence electrons. The number of hydrogen-bond acceptors (Lipinski definition) is 5. The van der Waals surface area contributed by atoms with Gasteiger partial charge in [0.2, 0.25) is 0 Å². The fourth-order valence-electron chi connectivity index (χ4n) is 6.77. The van der Waals surface area contributed by atoms with E-state index in [1.165, 1.54) is 16.7 Å². The molecule has 1 aliphatic carbocycles. The van der Waals surface area contributed by atoms with Crippen LogP contribution in [0.4, 0.5) is 9.18 Å². The van der Waals surface area contributed by atoms with Gasteiger partial charge in [-0.3, -0.25) is 9.47 Å². The molecular weight excluding hydrogens is 543 g/mol. The Labute approximate surface area is 255 Å². The molecular formula is C36H47FN2O4. The second kappa shape index (κ2) is 11.7. The molecule has 2 aromatic carbocycles. The van der Waals surface area contributed by atoms with Crippen LogP contribution in [0.5, 0.6) is 0 Å². The third kappa shape index (κ3) is 6.98. The van der Waals surface area contributed by atoms with E-state index in [0.717, 1.165) is 42.4 Å². The van der Waals surface area contributed by atoms with Gasteiger partial charge in [0.15, 0.2) is 0 Å². The molecule has 0 bridgehead atoms. The van der Waals surface area contributed by atoms with E-state index >= 15 is 0 Å². The van der Waals surface area contributed by atoms with E-state index in [-0.39, 0.29) is 18.0 Å². The van der Waals surface area contributed by atoms with Gasteiger partial charge >= 0.3 is 12.1 Å². The highest BCUT2D eigenvalue weighted by molar-refractivity contribution is 5.94. The van der Waals surface area contributed by atoms with E-state index in [9.17, 15) is 14.0 Å². The van der Waals surface area contributed by atoms with Gasteiger partial charge in [-0.1, -0.05) is 18.2 Å². The van der Waals surface area contributed by atoms with Crippen LogP contribution in [-0.2, 0) is 15.9 Å². The molecule has 2 fully saturated rings. The molecule has 0 spiro atoms. The molecule has 5 rings (SSSR count). The lowest BCUT2D eigenvalue weighted by Gasteiger charge is -2.46. The van der Waals surface area contributed by atoms with E-state index < -0.39 is 17.4 Å². The number of fused-ring (bicyclic) bond motifs is 1. The molecule has 0 amide bonds. The predicted octanol–water partition coefficient (Wildman–Crippen LogP) is 8.15. The van der Waals surface area contributed by atoms with Gasteiger partial charge in [0.05, 0.1) is 11.1 Å². The summed E-state index contributed by atoms with van der Waals surface area (Å²) in [5.74, 6) is 0.250. The summed E-state index contributed by atoms with van der Waals surface area (Å²) >= 11 is 0. The van der Waals surface area contributed by atoms with Crippen molar-refractivity contribution in [2.45, 2.75) is 110 Å². The van der Waals surface area contributed by atoms with E-state index in [1.54, 1.807) is 4.57 Å².